The Labute approximate surface area is 134 Å². The quantitative estimate of drug-likeness (QED) is 0.792. The summed E-state index contributed by atoms with van der Waals surface area (Å²) in [7, 11) is 0. The van der Waals surface area contributed by atoms with Gasteiger partial charge in [0.15, 0.2) is 0 Å². The fourth-order valence-corrected chi connectivity index (χ4v) is 3.49. The van der Waals surface area contributed by atoms with Crippen LogP contribution in [0.4, 0.5) is 0 Å². The van der Waals surface area contributed by atoms with E-state index >= 15 is 0 Å². The highest BCUT2D eigenvalue weighted by Crippen LogP contribution is 2.25. The Hall–Kier alpha value is -0.970. The Morgan fingerprint density at radius 2 is 2.14 bits per heavy atom. The zero-order valence-electron chi connectivity index (χ0n) is 12.6. The molecule has 1 aliphatic rings. The van der Waals surface area contributed by atoms with E-state index in [0.29, 0.717) is 0 Å². The van der Waals surface area contributed by atoms with E-state index in [-0.39, 0.29) is 11.7 Å². The van der Waals surface area contributed by atoms with Gasteiger partial charge in [0.1, 0.15) is 0 Å². The van der Waals surface area contributed by atoms with Crippen LogP contribution in [0.1, 0.15) is 19.4 Å². The molecular formula is C17H21BrN2O. The molecule has 1 saturated heterocycles. The standard InChI is InChI=1S/C17H21BrN2O/c1-17(2)12-20(11-15(9-18)21-17)10-14-6-3-5-13-7-4-8-19-16(13)14/h3-8,15H,9-12H2,1-2H3. The van der Waals surface area contributed by atoms with Crippen molar-refractivity contribution in [3.8, 4) is 0 Å². The second kappa shape index (κ2) is 6.03. The van der Waals surface area contributed by atoms with Crippen molar-refractivity contribution in [3.63, 3.8) is 0 Å². The number of ether oxygens (including phenoxy) is 1. The molecule has 4 heteroatoms. The molecular weight excluding hydrogens is 328 g/mol. The topological polar surface area (TPSA) is 25.4 Å². The summed E-state index contributed by atoms with van der Waals surface area (Å²) in [5.74, 6) is 0. The molecule has 21 heavy (non-hydrogen) atoms. The molecule has 1 fully saturated rings. The molecule has 1 aromatic carbocycles. The van der Waals surface area contributed by atoms with Gasteiger partial charge in [-0.25, -0.2) is 0 Å². The molecule has 0 bridgehead atoms. The minimum atomic E-state index is -0.102. The molecule has 3 nitrogen and oxygen atoms in total. The zero-order valence-corrected chi connectivity index (χ0v) is 14.1. The minimum Gasteiger partial charge on any atom is -0.369 e. The van der Waals surface area contributed by atoms with E-state index < -0.39 is 0 Å². The van der Waals surface area contributed by atoms with Gasteiger partial charge in [0.2, 0.25) is 0 Å². The van der Waals surface area contributed by atoms with Crippen molar-refractivity contribution < 1.29 is 4.74 Å². The third kappa shape index (κ3) is 3.44. The van der Waals surface area contributed by atoms with Crippen molar-refractivity contribution >= 4 is 26.8 Å². The number of fused-ring (bicyclic) bond motifs is 1. The summed E-state index contributed by atoms with van der Waals surface area (Å²) in [6.07, 6.45) is 2.12. The summed E-state index contributed by atoms with van der Waals surface area (Å²) in [5.41, 5.74) is 2.30. The first-order valence-electron chi connectivity index (χ1n) is 7.36. The lowest BCUT2D eigenvalue weighted by Gasteiger charge is -2.42. The van der Waals surface area contributed by atoms with Crippen LogP contribution in [0.5, 0.6) is 0 Å². The normalized spacial score (nSPS) is 22.5. The monoisotopic (exact) mass is 348 g/mol. The predicted molar refractivity (Wildman–Crippen MR) is 89.8 cm³/mol. The highest BCUT2D eigenvalue weighted by molar-refractivity contribution is 9.09. The molecule has 1 atom stereocenters. The molecule has 0 amide bonds. The summed E-state index contributed by atoms with van der Waals surface area (Å²) in [5, 5.41) is 2.08. The number of rotatable bonds is 3. The Balaban J connectivity index is 1.84. The number of pyridine rings is 1. The lowest BCUT2D eigenvalue weighted by Crippen LogP contribution is -2.52. The molecule has 112 valence electrons. The molecule has 0 radical (unpaired) electrons. The lowest BCUT2D eigenvalue weighted by atomic mass is 10.0. The fraction of sp³-hybridized carbons (Fsp3) is 0.471. The number of hydrogen-bond acceptors (Lipinski definition) is 3. The number of para-hydroxylation sites is 1. The van der Waals surface area contributed by atoms with Gasteiger partial charge >= 0.3 is 0 Å². The van der Waals surface area contributed by atoms with Crippen molar-refractivity contribution in [2.24, 2.45) is 0 Å². The first-order valence-corrected chi connectivity index (χ1v) is 8.48. The number of benzene rings is 1. The van der Waals surface area contributed by atoms with Crippen molar-refractivity contribution in [2.75, 3.05) is 18.4 Å². The molecule has 3 rings (SSSR count). The minimum absolute atomic E-state index is 0.102. The van der Waals surface area contributed by atoms with Crippen molar-refractivity contribution in [1.29, 1.82) is 0 Å². The maximum atomic E-state index is 6.07. The summed E-state index contributed by atoms with van der Waals surface area (Å²) >= 11 is 3.55. The van der Waals surface area contributed by atoms with Gasteiger partial charge in [-0.05, 0) is 25.5 Å². The average molecular weight is 349 g/mol. The second-order valence-corrected chi connectivity index (χ2v) is 6.96. The Morgan fingerprint density at radius 1 is 1.33 bits per heavy atom. The van der Waals surface area contributed by atoms with Crippen LogP contribution in [0.15, 0.2) is 36.5 Å². The zero-order chi connectivity index (χ0) is 14.9. The fourth-order valence-electron chi connectivity index (χ4n) is 3.15. The van der Waals surface area contributed by atoms with Crippen molar-refractivity contribution in [1.82, 2.24) is 9.88 Å². The smallest absolute Gasteiger partial charge is 0.0806 e. The van der Waals surface area contributed by atoms with Gasteiger partial charge in [0, 0.05) is 36.5 Å². The summed E-state index contributed by atoms with van der Waals surface area (Å²) < 4.78 is 6.07. The van der Waals surface area contributed by atoms with Gasteiger partial charge in [0.25, 0.3) is 0 Å². The van der Waals surface area contributed by atoms with Crippen molar-refractivity contribution in [2.45, 2.75) is 32.1 Å². The third-order valence-electron chi connectivity index (χ3n) is 3.83. The molecule has 2 aromatic rings. The molecule has 2 heterocycles. The SMILES string of the molecule is CC1(C)CN(Cc2cccc3cccnc23)CC(CBr)O1. The third-order valence-corrected chi connectivity index (χ3v) is 4.56. The van der Waals surface area contributed by atoms with Crippen LogP contribution in [-0.4, -0.2) is 40.0 Å². The number of aromatic nitrogens is 1. The maximum Gasteiger partial charge on any atom is 0.0806 e. The van der Waals surface area contributed by atoms with E-state index in [4.69, 9.17) is 4.74 Å². The molecule has 0 N–H and O–H groups in total. The van der Waals surface area contributed by atoms with Gasteiger partial charge in [-0.1, -0.05) is 40.2 Å². The van der Waals surface area contributed by atoms with E-state index in [2.05, 4.69) is 63.9 Å². The number of nitrogens with zero attached hydrogens (tertiary/aromatic N) is 2. The number of morpholine rings is 1. The Bertz CT molecular complexity index is 624. The van der Waals surface area contributed by atoms with Gasteiger partial charge in [-0.15, -0.1) is 0 Å². The molecule has 1 aliphatic heterocycles. The van der Waals surface area contributed by atoms with Crippen LogP contribution in [0.2, 0.25) is 0 Å². The molecule has 0 aliphatic carbocycles. The predicted octanol–water partition coefficient (Wildman–Crippen LogP) is 3.61. The number of alkyl halides is 1. The van der Waals surface area contributed by atoms with Crippen molar-refractivity contribution in [3.05, 3.63) is 42.1 Å². The van der Waals surface area contributed by atoms with E-state index in [1.165, 1.54) is 10.9 Å². The first-order chi connectivity index (χ1) is 10.1. The van der Waals surface area contributed by atoms with Crippen LogP contribution in [0.25, 0.3) is 10.9 Å². The lowest BCUT2D eigenvalue weighted by molar-refractivity contribution is -0.128. The van der Waals surface area contributed by atoms with Crippen LogP contribution in [-0.2, 0) is 11.3 Å². The number of halogens is 1. The number of hydrogen-bond donors (Lipinski definition) is 0. The first kappa shape index (κ1) is 14.9. The van der Waals surface area contributed by atoms with Crippen LogP contribution >= 0.6 is 15.9 Å². The summed E-state index contributed by atoms with van der Waals surface area (Å²) in [6, 6.07) is 10.5. The van der Waals surface area contributed by atoms with E-state index in [0.717, 1.165) is 30.5 Å². The second-order valence-electron chi connectivity index (χ2n) is 6.32. The van der Waals surface area contributed by atoms with Gasteiger partial charge in [0.05, 0.1) is 17.2 Å². The van der Waals surface area contributed by atoms with E-state index in [1.807, 2.05) is 12.3 Å². The Morgan fingerprint density at radius 3 is 2.95 bits per heavy atom. The van der Waals surface area contributed by atoms with Gasteiger partial charge < -0.3 is 4.74 Å². The molecule has 0 spiro atoms. The van der Waals surface area contributed by atoms with Crippen LogP contribution in [0, 0.1) is 0 Å². The van der Waals surface area contributed by atoms with E-state index in [9.17, 15) is 0 Å². The molecule has 0 saturated carbocycles. The van der Waals surface area contributed by atoms with Crippen LogP contribution < -0.4 is 0 Å². The average Bonchev–Trinajstić information content (AvgIpc) is 2.46. The largest absolute Gasteiger partial charge is 0.369 e. The highest BCUT2D eigenvalue weighted by atomic mass is 79.9. The summed E-state index contributed by atoms with van der Waals surface area (Å²) in [6.45, 7) is 7.15. The van der Waals surface area contributed by atoms with Crippen LogP contribution in [0.3, 0.4) is 0 Å². The molecule has 1 unspecified atom stereocenters. The van der Waals surface area contributed by atoms with Gasteiger partial charge in [-0.3, -0.25) is 9.88 Å². The van der Waals surface area contributed by atoms with Gasteiger partial charge in [-0.2, -0.15) is 0 Å². The maximum absolute atomic E-state index is 6.07. The molecule has 1 aromatic heterocycles. The summed E-state index contributed by atoms with van der Waals surface area (Å²) in [4.78, 5) is 7.03. The Kier molecular flexibility index (Phi) is 4.29. The van der Waals surface area contributed by atoms with E-state index in [1.54, 1.807) is 0 Å². The highest BCUT2D eigenvalue weighted by Gasteiger charge is 2.32.